The summed E-state index contributed by atoms with van der Waals surface area (Å²) < 4.78 is 9.89. The molecule has 2 rings (SSSR count). The lowest BCUT2D eigenvalue weighted by molar-refractivity contribution is -0.142. The van der Waals surface area contributed by atoms with Gasteiger partial charge in [-0.3, -0.25) is 4.79 Å². The third kappa shape index (κ3) is 4.80. The van der Waals surface area contributed by atoms with Crippen molar-refractivity contribution in [3.05, 3.63) is 36.0 Å². The number of carbonyl (C=O) groups is 2. The Labute approximate surface area is 133 Å². The van der Waals surface area contributed by atoms with Crippen molar-refractivity contribution in [2.75, 3.05) is 26.9 Å². The summed E-state index contributed by atoms with van der Waals surface area (Å²) in [4.78, 5) is 26.2. The first-order chi connectivity index (χ1) is 11.1. The van der Waals surface area contributed by atoms with Crippen molar-refractivity contribution in [2.24, 2.45) is 0 Å². The fourth-order valence-electron chi connectivity index (χ4n) is 2.26. The molecule has 0 fully saturated rings. The number of methoxy groups -OCH3 is 1. The SMILES string of the molecule is COCCOCC(=O)N[C@@H](Cc1c[nH]c2ccccc12)C(=O)O. The minimum atomic E-state index is -1.08. The Morgan fingerprint density at radius 1 is 1.30 bits per heavy atom. The van der Waals surface area contributed by atoms with Gasteiger partial charge in [-0.2, -0.15) is 0 Å². The summed E-state index contributed by atoms with van der Waals surface area (Å²) in [5.74, 6) is -1.55. The van der Waals surface area contributed by atoms with Crippen molar-refractivity contribution in [2.45, 2.75) is 12.5 Å². The van der Waals surface area contributed by atoms with Crippen molar-refractivity contribution in [3.8, 4) is 0 Å². The summed E-state index contributed by atoms with van der Waals surface area (Å²) in [6.07, 6.45) is 1.96. The van der Waals surface area contributed by atoms with Crippen LogP contribution in [0.1, 0.15) is 5.56 Å². The summed E-state index contributed by atoms with van der Waals surface area (Å²) in [6.45, 7) is 0.468. The average molecular weight is 320 g/mol. The standard InChI is InChI=1S/C16H20N2O5/c1-22-6-7-23-10-15(19)18-14(16(20)21)8-11-9-17-13-5-3-2-4-12(11)13/h2-5,9,14,17H,6-8,10H2,1H3,(H,18,19)(H,20,21)/t14-/m0/s1. The molecule has 7 nitrogen and oxygen atoms in total. The van der Waals surface area contributed by atoms with Gasteiger partial charge in [0.15, 0.2) is 0 Å². The number of fused-ring (bicyclic) bond motifs is 1. The van der Waals surface area contributed by atoms with Crippen LogP contribution in [0, 0.1) is 0 Å². The van der Waals surface area contributed by atoms with E-state index in [0.717, 1.165) is 16.5 Å². The van der Waals surface area contributed by atoms with Crippen LogP contribution in [0.5, 0.6) is 0 Å². The van der Waals surface area contributed by atoms with E-state index in [-0.39, 0.29) is 19.6 Å². The largest absolute Gasteiger partial charge is 0.480 e. The van der Waals surface area contributed by atoms with Crippen LogP contribution in [0.4, 0.5) is 0 Å². The molecule has 1 aromatic heterocycles. The third-order valence-electron chi connectivity index (χ3n) is 3.40. The van der Waals surface area contributed by atoms with Crippen molar-refractivity contribution in [3.63, 3.8) is 0 Å². The second-order valence-electron chi connectivity index (χ2n) is 5.07. The minimum Gasteiger partial charge on any atom is -0.480 e. The fraction of sp³-hybridized carbons (Fsp3) is 0.375. The Balaban J connectivity index is 1.96. The number of ether oxygens (including phenoxy) is 2. The number of aliphatic carboxylic acids is 1. The van der Waals surface area contributed by atoms with Crippen molar-refractivity contribution in [1.29, 1.82) is 0 Å². The van der Waals surface area contributed by atoms with E-state index >= 15 is 0 Å². The number of carboxylic acid groups (broad SMARTS) is 1. The van der Waals surface area contributed by atoms with Crippen LogP contribution in [0.2, 0.25) is 0 Å². The number of aromatic amines is 1. The molecule has 1 atom stereocenters. The molecule has 1 heterocycles. The molecule has 0 saturated heterocycles. The number of hydrogen-bond acceptors (Lipinski definition) is 4. The zero-order chi connectivity index (χ0) is 16.7. The molecule has 0 saturated carbocycles. The molecule has 0 spiro atoms. The molecular formula is C16H20N2O5. The first-order valence-electron chi connectivity index (χ1n) is 7.25. The van der Waals surface area contributed by atoms with E-state index in [0.29, 0.717) is 6.61 Å². The predicted octanol–water partition coefficient (Wildman–Crippen LogP) is 0.943. The van der Waals surface area contributed by atoms with E-state index in [1.807, 2.05) is 24.3 Å². The number of carbonyl (C=O) groups excluding carboxylic acids is 1. The zero-order valence-electron chi connectivity index (χ0n) is 12.9. The Hall–Kier alpha value is -2.38. The summed E-state index contributed by atoms with van der Waals surface area (Å²) in [6, 6.07) is 6.61. The molecule has 1 amide bonds. The molecule has 0 unspecified atom stereocenters. The number of nitrogens with one attached hydrogen (secondary N) is 2. The molecule has 0 bridgehead atoms. The van der Waals surface area contributed by atoms with Gasteiger partial charge in [-0.05, 0) is 11.6 Å². The van der Waals surface area contributed by atoms with Gasteiger partial charge in [0.2, 0.25) is 5.91 Å². The number of H-pyrrole nitrogens is 1. The lowest BCUT2D eigenvalue weighted by Gasteiger charge is -2.14. The van der Waals surface area contributed by atoms with Gasteiger partial charge in [-0.25, -0.2) is 4.79 Å². The van der Waals surface area contributed by atoms with Gasteiger partial charge < -0.3 is 24.9 Å². The quantitative estimate of drug-likeness (QED) is 0.597. The van der Waals surface area contributed by atoms with Crippen molar-refractivity contribution in [1.82, 2.24) is 10.3 Å². The fourth-order valence-corrected chi connectivity index (χ4v) is 2.26. The Morgan fingerprint density at radius 2 is 2.09 bits per heavy atom. The van der Waals surface area contributed by atoms with Gasteiger partial charge in [0.1, 0.15) is 12.6 Å². The lowest BCUT2D eigenvalue weighted by atomic mass is 10.1. The zero-order valence-corrected chi connectivity index (χ0v) is 12.9. The molecule has 0 radical (unpaired) electrons. The average Bonchev–Trinajstić information content (AvgIpc) is 2.94. The molecule has 7 heteroatoms. The van der Waals surface area contributed by atoms with E-state index in [9.17, 15) is 14.7 Å². The summed E-state index contributed by atoms with van der Waals surface area (Å²) in [5, 5.41) is 12.7. The van der Waals surface area contributed by atoms with Gasteiger partial charge in [0.25, 0.3) is 0 Å². The third-order valence-corrected chi connectivity index (χ3v) is 3.40. The number of carboxylic acids is 1. The highest BCUT2D eigenvalue weighted by atomic mass is 16.5. The lowest BCUT2D eigenvalue weighted by Crippen LogP contribution is -2.44. The van der Waals surface area contributed by atoms with Gasteiger partial charge in [0, 0.05) is 30.6 Å². The smallest absolute Gasteiger partial charge is 0.326 e. The molecule has 2 aromatic rings. The second kappa shape index (κ2) is 8.30. The summed E-state index contributed by atoms with van der Waals surface area (Å²) in [7, 11) is 1.53. The maximum Gasteiger partial charge on any atom is 0.326 e. The highest BCUT2D eigenvalue weighted by Gasteiger charge is 2.21. The number of aromatic nitrogens is 1. The maximum absolute atomic E-state index is 11.8. The number of para-hydroxylation sites is 1. The topological polar surface area (TPSA) is 101 Å². The van der Waals surface area contributed by atoms with E-state index < -0.39 is 17.9 Å². The second-order valence-corrected chi connectivity index (χ2v) is 5.07. The first kappa shape index (κ1) is 17.0. The number of rotatable bonds is 9. The Kier molecular flexibility index (Phi) is 6.13. The molecule has 0 aliphatic carbocycles. The van der Waals surface area contributed by atoms with Crippen LogP contribution in [-0.2, 0) is 25.5 Å². The van der Waals surface area contributed by atoms with E-state index in [2.05, 4.69) is 10.3 Å². The van der Waals surface area contributed by atoms with Crippen LogP contribution in [0.3, 0.4) is 0 Å². The van der Waals surface area contributed by atoms with E-state index in [4.69, 9.17) is 9.47 Å². The normalized spacial score (nSPS) is 12.2. The number of hydrogen-bond donors (Lipinski definition) is 3. The van der Waals surface area contributed by atoms with E-state index in [1.54, 1.807) is 6.20 Å². The molecule has 23 heavy (non-hydrogen) atoms. The van der Waals surface area contributed by atoms with Crippen LogP contribution >= 0.6 is 0 Å². The van der Waals surface area contributed by atoms with Crippen LogP contribution < -0.4 is 5.32 Å². The van der Waals surface area contributed by atoms with Crippen LogP contribution in [0.25, 0.3) is 10.9 Å². The molecule has 0 aliphatic heterocycles. The van der Waals surface area contributed by atoms with Crippen molar-refractivity contribution >= 4 is 22.8 Å². The Bertz CT molecular complexity index is 667. The number of amides is 1. The van der Waals surface area contributed by atoms with Gasteiger partial charge in [-0.1, -0.05) is 18.2 Å². The number of benzene rings is 1. The molecule has 3 N–H and O–H groups in total. The van der Waals surface area contributed by atoms with Crippen LogP contribution in [0.15, 0.2) is 30.5 Å². The van der Waals surface area contributed by atoms with Crippen LogP contribution in [-0.4, -0.2) is 54.9 Å². The monoisotopic (exact) mass is 320 g/mol. The predicted molar refractivity (Wildman–Crippen MR) is 84.3 cm³/mol. The molecule has 0 aliphatic rings. The summed E-state index contributed by atoms with van der Waals surface area (Å²) in [5.41, 5.74) is 1.77. The highest BCUT2D eigenvalue weighted by molar-refractivity contribution is 5.87. The Morgan fingerprint density at radius 3 is 2.83 bits per heavy atom. The van der Waals surface area contributed by atoms with Gasteiger partial charge in [0.05, 0.1) is 13.2 Å². The first-order valence-corrected chi connectivity index (χ1v) is 7.25. The molecular weight excluding hydrogens is 300 g/mol. The minimum absolute atomic E-state index is 0.193. The molecule has 124 valence electrons. The van der Waals surface area contributed by atoms with Gasteiger partial charge >= 0.3 is 5.97 Å². The van der Waals surface area contributed by atoms with E-state index in [1.165, 1.54) is 7.11 Å². The summed E-state index contributed by atoms with van der Waals surface area (Å²) >= 11 is 0. The highest BCUT2D eigenvalue weighted by Crippen LogP contribution is 2.19. The van der Waals surface area contributed by atoms with Gasteiger partial charge in [-0.15, -0.1) is 0 Å². The van der Waals surface area contributed by atoms with Crippen molar-refractivity contribution < 1.29 is 24.2 Å². The maximum atomic E-state index is 11.8. The molecule has 1 aromatic carbocycles.